The molecule has 1 unspecified atom stereocenters. The SMILES string of the molecule is CN=C(NCc1coc(-c2cccs2)n1)NC1CCc2ccccc2C1.I. The number of fused-ring (bicyclic) bond motifs is 1. The van der Waals surface area contributed by atoms with E-state index in [9.17, 15) is 0 Å². The number of aromatic nitrogens is 1. The molecule has 1 aliphatic rings. The molecule has 5 nitrogen and oxygen atoms in total. The van der Waals surface area contributed by atoms with E-state index in [4.69, 9.17) is 4.42 Å². The summed E-state index contributed by atoms with van der Waals surface area (Å²) in [4.78, 5) is 9.92. The summed E-state index contributed by atoms with van der Waals surface area (Å²) in [6.07, 6.45) is 4.96. The number of hydrogen-bond donors (Lipinski definition) is 2. The number of rotatable bonds is 4. The second-order valence-electron chi connectivity index (χ2n) is 6.40. The second kappa shape index (κ2) is 9.36. The van der Waals surface area contributed by atoms with Crippen LogP contribution in [0.25, 0.3) is 10.8 Å². The Kier molecular flexibility index (Phi) is 6.89. The maximum absolute atomic E-state index is 5.56. The van der Waals surface area contributed by atoms with Crippen LogP contribution in [0, 0.1) is 0 Å². The third-order valence-electron chi connectivity index (χ3n) is 4.63. The maximum atomic E-state index is 5.56. The number of nitrogens with zero attached hydrogens (tertiary/aromatic N) is 2. The fourth-order valence-electron chi connectivity index (χ4n) is 3.28. The molecule has 1 atom stereocenters. The van der Waals surface area contributed by atoms with Gasteiger partial charge in [0, 0.05) is 13.1 Å². The van der Waals surface area contributed by atoms with Crippen molar-refractivity contribution in [2.75, 3.05) is 7.05 Å². The Morgan fingerprint density at radius 2 is 2.11 bits per heavy atom. The molecule has 0 saturated carbocycles. The van der Waals surface area contributed by atoms with Crippen LogP contribution in [0.5, 0.6) is 0 Å². The Balaban J connectivity index is 0.00000210. The Morgan fingerprint density at radius 1 is 1.26 bits per heavy atom. The highest BCUT2D eigenvalue weighted by molar-refractivity contribution is 14.0. The molecule has 142 valence electrons. The van der Waals surface area contributed by atoms with Gasteiger partial charge in [-0.05, 0) is 41.8 Å². The summed E-state index contributed by atoms with van der Waals surface area (Å²) in [5.41, 5.74) is 3.77. The predicted molar refractivity (Wildman–Crippen MR) is 121 cm³/mol. The van der Waals surface area contributed by atoms with Crippen LogP contribution >= 0.6 is 35.3 Å². The Hall–Kier alpha value is -1.87. The average Bonchev–Trinajstić information content (AvgIpc) is 3.36. The first-order chi connectivity index (χ1) is 12.8. The van der Waals surface area contributed by atoms with Crippen LogP contribution in [-0.2, 0) is 19.4 Å². The predicted octanol–water partition coefficient (Wildman–Crippen LogP) is 4.24. The van der Waals surface area contributed by atoms with E-state index in [1.54, 1.807) is 24.6 Å². The molecule has 27 heavy (non-hydrogen) atoms. The van der Waals surface area contributed by atoms with Crippen molar-refractivity contribution < 1.29 is 4.42 Å². The summed E-state index contributed by atoms with van der Waals surface area (Å²) in [5, 5.41) is 8.89. The molecular formula is C20H23IN4OS. The molecule has 0 aliphatic heterocycles. The summed E-state index contributed by atoms with van der Waals surface area (Å²) in [6.45, 7) is 0.581. The molecule has 2 aromatic heterocycles. The van der Waals surface area contributed by atoms with Crippen molar-refractivity contribution in [1.82, 2.24) is 15.6 Å². The summed E-state index contributed by atoms with van der Waals surface area (Å²) in [7, 11) is 1.80. The number of halogens is 1. The van der Waals surface area contributed by atoms with Gasteiger partial charge in [-0.25, -0.2) is 4.98 Å². The van der Waals surface area contributed by atoms with Crippen LogP contribution in [0.2, 0.25) is 0 Å². The third kappa shape index (κ3) is 4.90. The molecule has 2 heterocycles. The number of oxazole rings is 1. The van der Waals surface area contributed by atoms with Gasteiger partial charge in [0.25, 0.3) is 0 Å². The van der Waals surface area contributed by atoms with E-state index in [1.807, 2.05) is 17.5 Å². The molecule has 0 fully saturated rings. The normalized spacial score (nSPS) is 16.3. The van der Waals surface area contributed by atoms with Gasteiger partial charge in [0.1, 0.15) is 6.26 Å². The van der Waals surface area contributed by atoms with Crippen LogP contribution in [0.4, 0.5) is 0 Å². The first-order valence-electron chi connectivity index (χ1n) is 8.84. The van der Waals surface area contributed by atoms with E-state index in [1.165, 1.54) is 11.1 Å². The second-order valence-corrected chi connectivity index (χ2v) is 7.35. The maximum Gasteiger partial charge on any atom is 0.236 e. The zero-order chi connectivity index (χ0) is 17.8. The molecule has 3 aromatic rings. The molecular weight excluding hydrogens is 471 g/mol. The Morgan fingerprint density at radius 3 is 2.89 bits per heavy atom. The van der Waals surface area contributed by atoms with Crippen molar-refractivity contribution in [3.05, 3.63) is 64.9 Å². The highest BCUT2D eigenvalue weighted by Crippen LogP contribution is 2.23. The average molecular weight is 494 g/mol. The molecule has 0 radical (unpaired) electrons. The van der Waals surface area contributed by atoms with E-state index in [0.717, 1.165) is 35.8 Å². The minimum atomic E-state index is 0. The number of nitrogens with one attached hydrogen (secondary N) is 2. The highest BCUT2D eigenvalue weighted by atomic mass is 127. The van der Waals surface area contributed by atoms with Gasteiger partial charge in [-0.3, -0.25) is 4.99 Å². The molecule has 0 bridgehead atoms. The van der Waals surface area contributed by atoms with E-state index in [-0.39, 0.29) is 24.0 Å². The zero-order valence-corrected chi connectivity index (χ0v) is 18.3. The smallest absolute Gasteiger partial charge is 0.236 e. The molecule has 2 N–H and O–H groups in total. The molecule has 0 amide bonds. The molecule has 7 heteroatoms. The first-order valence-corrected chi connectivity index (χ1v) is 9.72. The number of thiophene rings is 1. The third-order valence-corrected chi connectivity index (χ3v) is 5.49. The van der Waals surface area contributed by atoms with Crippen molar-refractivity contribution in [3.63, 3.8) is 0 Å². The topological polar surface area (TPSA) is 62.5 Å². The molecule has 4 rings (SSSR count). The number of aryl methyl sites for hydroxylation is 1. The van der Waals surface area contributed by atoms with Crippen molar-refractivity contribution >= 4 is 41.3 Å². The summed E-state index contributed by atoms with van der Waals surface area (Å²) in [6, 6.07) is 13.1. The number of hydrogen-bond acceptors (Lipinski definition) is 4. The Bertz CT molecular complexity index is 891. The lowest BCUT2D eigenvalue weighted by Gasteiger charge is -2.27. The fourth-order valence-corrected chi connectivity index (χ4v) is 3.94. The fraction of sp³-hybridized carbons (Fsp3) is 0.300. The zero-order valence-electron chi connectivity index (χ0n) is 15.1. The lowest BCUT2D eigenvalue weighted by Crippen LogP contribution is -2.45. The van der Waals surface area contributed by atoms with Crippen LogP contribution in [0.1, 0.15) is 23.2 Å². The molecule has 1 aliphatic carbocycles. The lowest BCUT2D eigenvalue weighted by atomic mass is 9.88. The van der Waals surface area contributed by atoms with Crippen LogP contribution in [0.15, 0.2) is 57.5 Å². The van der Waals surface area contributed by atoms with Gasteiger partial charge in [0.05, 0.1) is 17.1 Å². The van der Waals surface area contributed by atoms with E-state index < -0.39 is 0 Å². The standard InChI is InChI=1S/C20H22N4OS.HI/c1-21-20(24-16-9-8-14-5-2-3-6-15(14)11-16)22-12-17-13-25-19(23-17)18-7-4-10-26-18;/h2-7,10,13,16H,8-9,11-12H2,1H3,(H2,21,22,24);1H. The minimum absolute atomic E-state index is 0. The summed E-state index contributed by atoms with van der Waals surface area (Å²) < 4.78 is 5.56. The van der Waals surface area contributed by atoms with Crippen LogP contribution in [0.3, 0.4) is 0 Å². The van der Waals surface area contributed by atoms with Gasteiger partial charge in [-0.2, -0.15) is 0 Å². The largest absolute Gasteiger partial charge is 0.443 e. The number of benzene rings is 1. The Labute approximate surface area is 180 Å². The minimum Gasteiger partial charge on any atom is -0.443 e. The van der Waals surface area contributed by atoms with Gasteiger partial charge in [0.2, 0.25) is 5.89 Å². The summed E-state index contributed by atoms with van der Waals surface area (Å²) in [5.74, 6) is 1.47. The van der Waals surface area contributed by atoms with E-state index in [0.29, 0.717) is 18.5 Å². The van der Waals surface area contributed by atoms with Crippen molar-refractivity contribution in [1.29, 1.82) is 0 Å². The monoisotopic (exact) mass is 494 g/mol. The van der Waals surface area contributed by atoms with Gasteiger partial charge in [-0.15, -0.1) is 35.3 Å². The molecule has 1 aromatic carbocycles. The van der Waals surface area contributed by atoms with Crippen molar-refractivity contribution in [2.45, 2.75) is 31.8 Å². The van der Waals surface area contributed by atoms with Crippen LogP contribution < -0.4 is 10.6 Å². The van der Waals surface area contributed by atoms with E-state index in [2.05, 4.69) is 44.9 Å². The van der Waals surface area contributed by atoms with Gasteiger partial charge >= 0.3 is 0 Å². The van der Waals surface area contributed by atoms with Crippen molar-refractivity contribution in [2.24, 2.45) is 4.99 Å². The summed E-state index contributed by atoms with van der Waals surface area (Å²) >= 11 is 1.62. The molecule has 0 spiro atoms. The van der Waals surface area contributed by atoms with Gasteiger partial charge in [-0.1, -0.05) is 30.3 Å². The van der Waals surface area contributed by atoms with Crippen molar-refractivity contribution in [3.8, 4) is 10.8 Å². The first kappa shape index (κ1) is 19.9. The van der Waals surface area contributed by atoms with Gasteiger partial charge < -0.3 is 15.1 Å². The highest BCUT2D eigenvalue weighted by Gasteiger charge is 2.19. The quantitative estimate of drug-likeness (QED) is 0.324. The molecule has 0 saturated heterocycles. The van der Waals surface area contributed by atoms with Crippen LogP contribution in [-0.4, -0.2) is 24.0 Å². The van der Waals surface area contributed by atoms with Gasteiger partial charge in [0.15, 0.2) is 5.96 Å². The lowest BCUT2D eigenvalue weighted by molar-refractivity contribution is 0.520. The number of guanidine groups is 1. The van der Waals surface area contributed by atoms with E-state index >= 15 is 0 Å². The number of aliphatic imine (C=N–C) groups is 1.